The number of hydrogen-bond acceptors (Lipinski definition) is 4. The van der Waals surface area contributed by atoms with Crippen LogP contribution in [0.5, 0.6) is 0 Å². The van der Waals surface area contributed by atoms with E-state index in [2.05, 4.69) is 4.98 Å². The van der Waals surface area contributed by atoms with Gasteiger partial charge in [-0.05, 0) is 26.0 Å². The summed E-state index contributed by atoms with van der Waals surface area (Å²) in [4.78, 5) is 15.8. The Kier molecular flexibility index (Phi) is 2.99. The molecule has 90 valence electrons. The van der Waals surface area contributed by atoms with Crippen LogP contribution >= 0.6 is 0 Å². The van der Waals surface area contributed by atoms with Gasteiger partial charge in [0.15, 0.2) is 5.82 Å². The summed E-state index contributed by atoms with van der Waals surface area (Å²) in [7, 11) is 0. The van der Waals surface area contributed by atoms with Gasteiger partial charge >= 0.3 is 5.97 Å². The van der Waals surface area contributed by atoms with E-state index in [1.54, 1.807) is 32.0 Å². The summed E-state index contributed by atoms with van der Waals surface area (Å²) in [5, 5.41) is 9.92. The van der Waals surface area contributed by atoms with Gasteiger partial charge in [-0.3, -0.25) is 4.79 Å². The fourth-order valence-corrected chi connectivity index (χ4v) is 1.68. The predicted molar refractivity (Wildman–Crippen MR) is 62.0 cm³/mol. The number of rotatable bonds is 3. The van der Waals surface area contributed by atoms with Gasteiger partial charge in [0.2, 0.25) is 0 Å². The zero-order valence-electron chi connectivity index (χ0n) is 9.75. The van der Waals surface area contributed by atoms with Gasteiger partial charge in [0.05, 0.1) is 12.1 Å². The molecule has 0 radical (unpaired) electrons. The Morgan fingerprint density at radius 3 is 2.88 bits per heavy atom. The molecular weight excluding hydrogens is 220 g/mol. The van der Waals surface area contributed by atoms with E-state index >= 15 is 0 Å². The lowest BCUT2D eigenvalue weighted by molar-refractivity contribution is -0.144. The smallest absolute Gasteiger partial charge is 0.316 e. The lowest BCUT2D eigenvalue weighted by atomic mass is 10.2. The number of aromatic nitrogens is 2. The molecule has 0 saturated heterocycles. The number of imidazole rings is 1. The average Bonchev–Trinajstić information content (AvgIpc) is 2.67. The van der Waals surface area contributed by atoms with E-state index in [9.17, 15) is 10.0 Å². The highest BCUT2D eigenvalue weighted by Crippen LogP contribution is 2.21. The fraction of sp³-hybridized carbons (Fsp3) is 0.333. The Labute approximate surface area is 98.6 Å². The lowest BCUT2D eigenvalue weighted by Crippen LogP contribution is -2.16. The van der Waals surface area contributed by atoms with Crippen molar-refractivity contribution in [1.82, 2.24) is 9.71 Å². The molecule has 1 unspecified atom stereocenters. The van der Waals surface area contributed by atoms with Crippen molar-refractivity contribution < 1.29 is 14.7 Å². The summed E-state index contributed by atoms with van der Waals surface area (Å²) < 4.78 is 5.85. The summed E-state index contributed by atoms with van der Waals surface area (Å²) in [6.45, 7) is 3.72. The van der Waals surface area contributed by atoms with E-state index < -0.39 is 11.9 Å². The molecule has 1 aromatic heterocycles. The molecular formula is C12H14N2O3. The molecule has 0 spiro atoms. The van der Waals surface area contributed by atoms with E-state index in [1.165, 1.54) is 0 Å². The minimum Gasteiger partial charge on any atom is -0.465 e. The number of carbonyl (C=O) groups excluding carboxylic acids is 1. The van der Waals surface area contributed by atoms with E-state index in [1.807, 2.05) is 6.07 Å². The Balaban J connectivity index is 2.42. The lowest BCUT2D eigenvalue weighted by Gasteiger charge is -2.09. The van der Waals surface area contributed by atoms with Crippen LogP contribution in [0.25, 0.3) is 11.0 Å². The molecule has 2 aromatic rings. The topological polar surface area (TPSA) is 64.3 Å². The number of carbonyl (C=O) groups is 1. The largest absolute Gasteiger partial charge is 0.465 e. The van der Waals surface area contributed by atoms with E-state index in [0.717, 1.165) is 4.73 Å². The van der Waals surface area contributed by atoms with Crippen LogP contribution in [0.2, 0.25) is 0 Å². The van der Waals surface area contributed by atoms with E-state index in [4.69, 9.17) is 4.74 Å². The number of hydrogen-bond donors (Lipinski definition) is 1. The molecule has 1 aromatic carbocycles. The van der Waals surface area contributed by atoms with Crippen LogP contribution < -0.4 is 0 Å². The van der Waals surface area contributed by atoms with Gasteiger partial charge in [0.25, 0.3) is 0 Å². The zero-order chi connectivity index (χ0) is 12.4. The van der Waals surface area contributed by atoms with E-state index in [0.29, 0.717) is 23.5 Å². The standard InChI is InChI=1S/C12H14N2O3/c1-3-17-12(15)8(2)11-13-9-6-4-5-7-10(9)14(11)16/h4-8,16H,3H2,1-2H3. The van der Waals surface area contributed by atoms with Crippen molar-refractivity contribution in [2.45, 2.75) is 19.8 Å². The van der Waals surface area contributed by atoms with Crippen molar-refractivity contribution >= 4 is 17.0 Å². The third kappa shape index (κ3) is 1.95. The number of benzene rings is 1. The molecule has 0 aliphatic heterocycles. The molecule has 5 nitrogen and oxygen atoms in total. The second kappa shape index (κ2) is 4.45. The monoisotopic (exact) mass is 234 g/mol. The van der Waals surface area contributed by atoms with Crippen LogP contribution in [0.1, 0.15) is 25.6 Å². The third-order valence-corrected chi connectivity index (χ3v) is 2.59. The molecule has 1 atom stereocenters. The van der Waals surface area contributed by atoms with Gasteiger partial charge in [-0.1, -0.05) is 12.1 Å². The maximum absolute atomic E-state index is 11.6. The average molecular weight is 234 g/mol. The minimum absolute atomic E-state index is 0.296. The van der Waals surface area contributed by atoms with Crippen LogP contribution in [0, 0.1) is 0 Å². The Morgan fingerprint density at radius 2 is 2.24 bits per heavy atom. The van der Waals surface area contributed by atoms with Crippen molar-refractivity contribution in [3.8, 4) is 0 Å². The summed E-state index contributed by atoms with van der Waals surface area (Å²) in [6, 6.07) is 7.15. The second-order valence-electron chi connectivity index (χ2n) is 3.74. The summed E-state index contributed by atoms with van der Waals surface area (Å²) >= 11 is 0. The number of nitrogens with zero attached hydrogens (tertiary/aromatic N) is 2. The number of ether oxygens (including phenoxy) is 1. The van der Waals surface area contributed by atoms with Crippen molar-refractivity contribution in [2.24, 2.45) is 0 Å². The third-order valence-electron chi connectivity index (χ3n) is 2.59. The molecule has 5 heteroatoms. The molecule has 0 bridgehead atoms. The molecule has 0 amide bonds. The van der Waals surface area contributed by atoms with Crippen LogP contribution in [0.4, 0.5) is 0 Å². The highest BCUT2D eigenvalue weighted by atomic mass is 16.5. The maximum Gasteiger partial charge on any atom is 0.316 e. The van der Waals surface area contributed by atoms with Crippen molar-refractivity contribution in [1.29, 1.82) is 0 Å². The Bertz CT molecular complexity index is 548. The van der Waals surface area contributed by atoms with Crippen LogP contribution in [0.3, 0.4) is 0 Å². The first kappa shape index (κ1) is 11.4. The predicted octanol–water partition coefficient (Wildman–Crippen LogP) is 1.94. The number of esters is 1. The normalized spacial score (nSPS) is 12.6. The van der Waals surface area contributed by atoms with Crippen LogP contribution in [-0.4, -0.2) is 27.5 Å². The fourth-order valence-electron chi connectivity index (χ4n) is 1.68. The first-order chi connectivity index (χ1) is 8.15. The van der Waals surface area contributed by atoms with Gasteiger partial charge in [-0.25, -0.2) is 4.98 Å². The summed E-state index contributed by atoms with van der Waals surface area (Å²) in [6.07, 6.45) is 0. The molecule has 0 aliphatic carbocycles. The maximum atomic E-state index is 11.6. The van der Waals surface area contributed by atoms with Gasteiger partial charge in [-0.15, -0.1) is 0 Å². The summed E-state index contributed by atoms with van der Waals surface area (Å²) in [5.41, 5.74) is 1.24. The molecule has 2 rings (SSSR count). The highest BCUT2D eigenvalue weighted by molar-refractivity contribution is 5.80. The molecule has 0 saturated carbocycles. The molecule has 0 fully saturated rings. The van der Waals surface area contributed by atoms with Crippen molar-refractivity contribution in [2.75, 3.05) is 6.61 Å². The molecule has 0 aliphatic rings. The summed E-state index contributed by atoms with van der Waals surface area (Å²) in [5.74, 6) is -0.685. The number of fused-ring (bicyclic) bond motifs is 1. The SMILES string of the molecule is CCOC(=O)C(C)c1nc2ccccc2n1O. The van der Waals surface area contributed by atoms with Crippen molar-refractivity contribution in [3.05, 3.63) is 30.1 Å². The zero-order valence-corrected chi connectivity index (χ0v) is 9.75. The molecule has 1 heterocycles. The quantitative estimate of drug-likeness (QED) is 0.651. The van der Waals surface area contributed by atoms with Crippen LogP contribution in [0.15, 0.2) is 24.3 Å². The second-order valence-corrected chi connectivity index (χ2v) is 3.74. The van der Waals surface area contributed by atoms with Gasteiger partial charge in [-0.2, -0.15) is 4.73 Å². The van der Waals surface area contributed by atoms with Gasteiger partial charge < -0.3 is 9.94 Å². The molecule has 17 heavy (non-hydrogen) atoms. The van der Waals surface area contributed by atoms with Crippen molar-refractivity contribution in [3.63, 3.8) is 0 Å². The number of para-hydroxylation sites is 2. The highest BCUT2D eigenvalue weighted by Gasteiger charge is 2.23. The molecule has 1 N–H and O–H groups in total. The Morgan fingerprint density at radius 1 is 1.53 bits per heavy atom. The first-order valence-electron chi connectivity index (χ1n) is 5.48. The van der Waals surface area contributed by atoms with Gasteiger partial charge in [0.1, 0.15) is 11.4 Å². The van der Waals surface area contributed by atoms with Crippen LogP contribution in [-0.2, 0) is 9.53 Å². The minimum atomic E-state index is -0.590. The first-order valence-corrected chi connectivity index (χ1v) is 5.48. The Hall–Kier alpha value is -2.04. The van der Waals surface area contributed by atoms with Gasteiger partial charge in [0, 0.05) is 0 Å². The van der Waals surface area contributed by atoms with E-state index in [-0.39, 0.29) is 0 Å².